The molecule has 0 unspecified atom stereocenters. The van der Waals surface area contributed by atoms with Gasteiger partial charge in [0.05, 0.1) is 13.0 Å². The predicted octanol–water partition coefficient (Wildman–Crippen LogP) is 3.50. The van der Waals surface area contributed by atoms with Crippen LogP contribution in [0.15, 0.2) is 18.2 Å². The Labute approximate surface area is 108 Å². The summed E-state index contributed by atoms with van der Waals surface area (Å²) in [6.45, 7) is 2.92. The number of fused-ring (bicyclic) bond motifs is 1. The summed E-state index contributed by atoms with van der Waals surface area (Å²) in [7, 11) is 0. The molecule has 0 saturated heterocycles. The molecule has 98 valence electrons. The molecule has 0 bridgehead atoms. The van der Waals surface area contributed by atoms with E-state index in [-0.39, 0.29) is 5.97 Å². The SMILES string of the molecule is CCCCCCOc1ccc2c(c1)OC(=O)CC2. The fourth-order valence-electron chi connectivity index (χ4n) is 2.06. The van der Waals surface area contributed by atoms with Crippen LogP contribution in [0.2, 0.25) is 0 Å². The van der Waals surface area contributed by atoms with Gasteiger partial charge in [0.1, 0.15) is 11.5 Å². The Hall–Kier alpha value is -1.51. The zero-order chi connectivity index (χ0) is 12.8. The van der Waals surface area contributed by atoms with Crippen LogP contribution in [-0.4, -0.2) is 12.6 Å². The van der Waals surface area contributed by atoms with Crippen molar-refractivity contribution in [3.63, 3.8) is 0 Å². The van der Waals surface area contributed by atoms with Crippen molar-refractivity contribution >= 4 is 5.97 Å². The van der Waals surface area contributed by atoms with Gasteiger partial charge in [-0.15, -0.1) is 0 Å². The lowest BCUT2D eigenvalue weighted by Crippen LogP contribution is -2.15. The van der Waals surface area contributed by atoms with Crippen LogP contribution < -0.4 is 9.47 Å². The predicted molar refractivity (Wildman–Crippen MR) is 70.0 cm³/mol. The maximum absolute atomic E-state index is 11.2. The van der Waals surface area contributed by atoms with Crippen LogP contribution in [0.25, 0.3) is 0 Å². The van der Waals surface area contributed by atoms with Crippen molar-refractivity contribution in [2.24, 2.45) is 0 Å². The van der Waals surface area contributed by atoms with Crippen LogP contribution in [-0.2, 0) is 11.2 Å². The maximum atomic E-state index is 11.2. The molecule has 1 aromatic carbocycles. The quantitative estimate of drug-likeness (QED) is 0.439. The van der Waals surface area contributed by atoms with E-state index in [0.29, 0.717) is 12.2 Å². The van der Waals surface area contributed by atoms with Crippen LogP contribution in [0.3, 0.4) is 0 Å². The fourth-order valence-corrected chi connectivity index (χ4v) is 2.06. The summed E-state index contributed by atoms with van der Waals surface area (Å²) >= 11 is 0. The zero-order valence-corrected chi connectivity index (χ0v) is 10.9. The second-order valence-corrected chi connectivity index (χ2v) is 4.65. The summed E-state index contributed by atoms with van der Waals surface area (Å²) in [6, 6.07) is 5.77. The van der Waals surface area contributed by atoms with Crippen LogP contribution in [0.1, 0.15) is 44.6 Å². The third-order valence-electron chi connectivity index (χ3n) is 3.13. The van der Waals surface area contributed by atoms with Gasteiger partial charge >= 0.3 is 5.97 Å². The minimum absolute atomic E-state index is 0.150. The molecule has 3 nitrogen and oxygen atoms in total. The summed E-state index contributed by atoms with van der Waals surface area (Å²) in [4.78, 5) is 11.2. The van der Waals surface area contributed by atoms with Crippen LogP contribution >= 0.6 is 0 Å². The molecule has 3 heteroatoms. The lowest BCUT2D eigenvalue weighted by molar-refractivity contribution is -0.135. The van der Waals surface area contributed by atoms with Gasteiger partial charge in [0.25, 0.3) is 0 Å². The average Bonchev–Trinajstić information content (AvgIpc) is 2.38. The highest BCUT2D eigenvalue weighted by molar-refractivity contribution is 5.75. The summed E-state index contributed by atoms with van der Waals surface area (Å²) < 4.78 is 10.9. The number of hydrogen-bond acceptors (Lipinski definition) is 3. The molecule has 18 heavy (non-hydrogen) atoms. The number of esters is 1. The lowest BCUT2D eigenvalue weighted by atomic mass is 10.1. The highest BCUT2D eigenvalue weighted by Crippen LogP contribution is 2.29. The number of ether oxygens (including phenoxy) is 2. The highest BCUT2D eigenvalue weighted by atomic mass is 16.5. The van der Waals surface area contributed by atoms with E-state index >= 15 is 0 Å². The van der Waals surface area contributed by atoms with Gasteiger partial charge in [0.2, 0.25) is 0 Å². The third-order valence-corrected chi connectivity index (χ3v) is 3.13. The first kappa shape index (κ1) is 12.9. The zero-order valence-electron chi connectivity index (χ0n) is 10.9. The van der Waals surface area contributed by atoms with Crippen molar-refractivity contribution < 1.29 is 14.3 Å². The van der Waals surface area contributed by atoms with Crippen molar-refractivity contribution in [3.8, 4) is 11.5 Å². The van der Waals surface area contributed by atoms with E-state index in [4.69, 9.17) is 9.47 Å². The number of benzene rings is 1. The van der Waals surface area contributed by atoms with Crippen molar-refractivity contribution in [3.05, 3.63) is 23.8 Å². The van der Waals surface area contributed by atoms with Crippen molar-refractivity contribution in [2.75, 3.05) is 6.61 Å². The molecule has 1 aromatic rings. The molecule has 0 spiro atoms. The van der Waals surface area contributed by atoms with Gasteiger partial charge in [-0.25, -0.2) is 0 Å². The van der Waals surface area contributed by atoms with Gasteiger partial charge in [-0.1, -0.05) is 32.3 Å². The molecule has 1 heterocycles. The topological polar surface area (TPSA) is 35.5 Å². The minimum atomic E-state index is -0.150. The van der Waals surface area contributed by atoms with Crippen LogP contribution in [0.4, 0.5) is 0 Å². The minimum Gasteiger partial charge on any atom is -0.493 e. The molecule has 0 saturated carbocycles. The second-order valence-electron chi connectivity index (χ2n) is 4.65. The summed E-state index contributed by atoms with van der Waals surface area (Å²) in [5.74, 6) is 1.31. The molecular weight excluding hydrogens is 228 g/mol. The molecule has 0 atom stereocenters. The Morgan fingerprint density at radius 1 is 1.22 bits per heavy atom. The first-order valence-electron chi connectivity index (χ1n) is 6.76. The Morgan fingerprint density at radius 3 is 2.94 bits per heavy atom. The number of hydrogen-bond donors (Lipinski definition) is 0. The van der Waals surface area contributed by atoms with Crippen molar-refractivity contribution in [1.82, 2.24) is 0 Å². The normalized spacial score (nSPS) is 13.9. The standard InChI is InChI=1S/C15H20O3/c1-2-3-4-5-10-17-13-8-6-12-7-9-15(16)18-14(12)11-13/h6,8,11H,2-5,7,9-10H2,1H3. The fraction of sp³-hybridized carbons (Fsp3) is 0.533. The Kier molecular flexibility index (Phi) is 4.62. The van der Waals surface area contributed by atoms with Gasteiger partial charge in [0.15, 0.2) is 0 Å². The van der Waals surface area contributed by atoms with Gasteiger partial charge < -0.3 is 9.47 Å². The smallest absolute Gasteiger partial charge is 0.311 e. The molecule has 0 aliphatic carbocycles. The first-order chi connectivity index (χ1) is 8.79. The molecule has 0 amide bonds. The second kappa shape index (κ2) is 6.43. The van der Waals surface area contributed by atoms with Gasteiger partial charge in [-0.05, 0) is 24.5 Å². The van der Waals surface area contributed by atoms with Gasteiger partial charge in [-0.3, -0.25) is 4.79 Å². The average molecular weight is 248 g/mol. The van der Waals surface area contributed by atoms with E-state index in [1.165, 1.54) is 19.3 Å². The number of aryl methyl sites for hydroxylation is 1. The Bertz CT molecular complexity index is 412. The van der Waals surface area contributed by atoms with Crippen LogP contribution in [0, 0.1) is 0 Å². The van der Waals surface area contributed by atoms with Crippen molar-refractivity contribution in [2.45, 2.75) is 45.4 Å². The third kappa shape index (κ3) is 3.49. The first-order valence-corrected chi connectivity index (χ1v) is 6.76. The molecule has 0 fully saturated rings. The number of rotatable bonds is 6. The summed E-state index contributed by atoms with van der Waals surface area (Å²) in [6.07, 6.45) is 6.01. The van der Waals surface area contributed by atoms with E-state index < -0.39 is 0 Å². The largest absolute Gasteiger partial charge is 0.493 e. The molecular formula is C15H20O3. The molecule has 1 aliphatic heterocycles. The molecule has 2 rings (SSSR count). The number of carbonyl (C=O) groups is 1. The Morgan fingerprint density at radius 2 is 2.11 bits per heavy atom. The molecule has 0 N–H and O–H groups in total. The molecule has 1 aliphatic rings. The van der Waals surface area contributed by atoms with Gasteiger partial charge in [-0.2, -0.15) is 0 Å². The van der Waals surface area contributed by atoms with Crippen molar-refractivity contribution in [1.29, 1.82) is 0 Å². The van der Waals surface area contributed by atoms with E-state index in [0.717, 1.165) is 30.8 Å². The monoisotopic (exact) mass is 248 g/mol. The maximum Gasteiger partial charge on any atom is 0.311 e. The lowest BCUT2D eigenvalue weighted by Gasteiger charge is -2.16. The van der Waals surface area contributed by atoms with Crippen LogP contribution in [0.5, 0.6) is 11.5 Å². The number of carbonyl (C=O) groups excluding carboxylic acids is 1. The van der Waals surface area contributed by atoms with E-state index in [2.05, 4.69) is 6.92 Å². The summed E-state index contributed by atoms with van der Waals surface area (Å²) in [5, 5.41) is 0. The van der Waals surface area contributed by atoms with E-state index in [1.807, 2.05) is 18.2 Å². The molecule has 0 aromatic heterocycles. The van der Waals surface area contributed by atoms with E-state index in [1.54, 1.807) is 0 Å². The number of unbranched alkanes of at least 4 members (excludes halogenated alkanes) is 3. The van der Waals surface area contributed by atoms with Gasteiger partial charge in [0, 0.05) is 6.07 Å². The summed E-state index contributed by atoms with van der Waals surface area (Å²) in [5.41, 5.74) is 1.09. The van der Waals surface area contributed by atoms with E-state index in [9.17, 15) is 4.79 Å². The Balaban J connectivity index is 1.86. The highest BCUT2D eigenvalue weighted by Gasteiger charge is 2.17. The molecule has 0 radical (unpaired) electrons.